The molecule has 1 saturated heterocycles. The van der Waals surface area contributed by atoms with E-state index < -0.39 is 0 Å². The largest absolute Gasteiger partial charge is 0.485 e. The summed E-state index contributed by atoms with van der Waals surface area (Å²) in [7, 11) is 0. The first-order valence-electron chi connectivity index (χ1n) is 12.1. The average molecular weight is 510 g/mol. The number of aromatic nitrogens is 1. The Morgan fingerprint density at radius 1 is 1.17 bits per heavy atom. The zero-order valence-corrected chi connectivity index (χ0v) is 21.2. The van der Waals surface area contributed by atoms with Gasteiger partial charge in [0, 0.05) is 30.4 Å². The van der Waals surface area contributed by atoms with E-state index in [4.69, 9.17) is 14.5 Å². The van der Waals surface area contributed by atoms with Gasteiger partial charge in [0.15, 0.2) is 11.5 Å². The molecule has 0 unspecified atom stereocenters. The van der Waals surface area contributed by atoms with Crippen molar-refractivity contribution in [2.24, 2.45) is 0 Å². The van der Waals surface area contributed by atoms with Crippen LogP contribution in [0.3, 0.4) is 0 Å². The number of amides is 2. The lowest BCUT2D eigenvalue weighted by Gasteiger charge is -2.33. The van der Waals surface area contributed by atoms with Gasteiger partial charge in [-0.05, 0) is 38.2 Å². The topological polar surface area (TPSA) is 80.8 Å². The van der Waals surface area contributed by atoms with Crippen LogP contribution in [0.25, 0.3) is 10.4 Å². The Morgan fingerprint density at radius 3 is 2.86 bits per heavy atom. The zero-order valence-electron chi connectivity index (χ0n) is 19.5. The molecular formula is C26H27N3O4S2. The lowest BCUT2D eigenvalue weighted by Crippen LogP contribution is -2.49. The maximum absolute atomic E-state index is 13.7. The minimum absolute atomic E-state index is 0.0474. The Bertz CT molecular complexity index is 1280. The molecule has 7 nitrogen and oxygen atoms in total. The van der Waals surface area contributed by atoms with Gasteiger partial charge in [0.1, 0.15) is 23.8 Å². The number of aryl methyl sites for hydroxylation is 1. The number of thiophene rings is 1. The second kappa shape index (κ2) is 9.28. The number of carbonyl (C=O) groups is 2. The van der Waals surface area contributed by atoms with Crippen molar-refractivity contribution >= 4 is 34.5 Å². The van der Waals surface area contributed by atoms with E-state index in [-0.39, 0.29) is 17.9 Å². The predicted octanol–water partition coefficient (Wildman–Crippen LogP) is 4.86. The minimum atomic E-state index is -0.175. The molecule has 1 saturated carbocycles. The Morgan fingerprint density at radius 2 is 2.03 bits per heavy atom. The molecule has 182 valence electrons. The van der Waals surface area contributed by atoms with Crippen molar-refractivity contribution in [3.05, 3.63) is 50.8 Å². The molecule has 2 fully saturated rings. The standard InChI is InChI=1S/C26H27N3O4S2/c1-15-4-2-5-17(12-15)22-20(28-25(35-22)16-7-8-16)26(31)29-9-3-6-18(13-29)27-24(30)23-21-19(14-34-23)32-10-11-33-21/h2,4-5,12,14,16,18H,3,6-11,13H2,1H3,(H,27,30)/t18-/m1/s1. The molecule has 35 heavy (non-hydrogen) atoms. The van der Waals surface area contributed by atoms with Crippen LogP contribution in [0.5, 0.6) is 11.5 Å². The van der Waals surface area contributed by atoms with Crippen LogP contribution in [-0.2, 0) is 0 Å². The fourth-order valence-electron chi connectivity index (χ4n) is 4.67. The highest BCUT2D eigenvalue weighted by atomic mass is 32.1. The summed E-state index contributed by atoms with van der Waals surface area (Å²) in [5, 5.41) is 6.00. The molecule has 1 aliphatic carbocycles. The van der Waals surface area contributed by atoms with Gasteiger partial charge in [0.05, 0.1) is 9.88 Å². The number of fused-ring (bicyclic) bond motifs is 1. The van der Waals surface area contributed by atoms with Crippen molar-refractivity contribution in [1.82, 2.24) is 15.2 Å². The number of ether oxygens (including phenoxy) is 2. The van der Waals surface area contributed by atoms with E-state index in [0.29, 0.717) is 54.3 Å². The van der Waals surface area contributed by atoms with Crippen LogP contribution in [0.15, 0.2) is 29.6 Å². The first-order chi connectivity index (χ1) is 17.1. The zero-order chi connectivity index (χ0) is 23.9. The maximum Gasteiger partial charge on any atom is 0.274 e. The lowest BCUT2D eigenvalue weighted by atomic mass is 10.0. The first kappa shape index (κ1) is 22.5. The third-order valence-electron chi connectivity index (χ3n) is 6.60. The number of hydrogen-bond acceptors (Lipinski definition) is 7. The van der Waals surface area contributed by atoms with Crippen LogP contribution in [0.1, 0.15) is 62.3 Å². The number of hydrogen-bond donors (Lipinski definition) is 1. The van der Waals surface area contributed by atoms with Crippen LogP contribution in [0.4, 0.5) is 0 Å². The normalized spacial score (nSPS) is 19.5. The number of nitrogens with zero attached hydrogens (tertiary/aromatic N) is 2. The van der Waals surface area contributed by atoms with Gasteiger partial charge < -0.3 is 19.7 Å². The monoisotopic (exact) mass is 509 g/mol. The van der Waals surface area contributed by atoms with E-state index in [9.17, 15) is 9.59 Å². The summed E-state index contributed by atoms with van der Waals surface area (Å²) in [4.78, 5) is 34.9. The van der Waals surface area contributed by atoms with Crippen LogP contribution >= 0.6 is 22.7 Å². The number of likely N-dealkylation sites (tertiary alicyclic amines) is 1. The quantitative estimate of drug-likeness (QED) is 0.531. The van der Waals surface area contributed by atoms with Crippen molar-refractivity contribution in [3.63, 3.8) is 0 Å². The Balaban J connectivity index is 1.20. The average Bonchev–Trinajstić information content (AvgIpc) is 3.47. The highest BCUT2D eigenvalue weighted by Gasteiger charge is 2.34. The summed E-state index contributed by atoms with van der Waals surface area (Å²) >= 11 is 2.98. The van der Waals surface area contributed by atoms with E-state index in [2.05, 4.69) is 30.4 Å². The fourth-order valence-corrected chi connectivity index (χ4v) is 6.72. The number of nitrogens with one attached hydrogen (secondary N) is 1. The van der Waals surface area contributed by atoms with E-state index in [1.54, 1.807) is 11.3 Å². The summed E-state index contributed by atoms with van der Waals surface area (Å²) in [6.07, 6.45) is 3.95. The number of thiazole rings is 1. The maximum atomic E-state index is 13.7. The molecule has 3 aromatic rings. The molecule has 1 atom stereocenters. The minimum Gasteiger partial charge on any atom is -0.485 e. The summed E-state index contributed by atoms with van der Waals surface area (Å²) in [6, 6.07) is 8.15. The third kappa shape index (κ3) is 4.54. The van der Waals surface area contributed by atoms with E-state index in [1.165, 1.54) is 11.3 Å². The summed E-state index contributed by atoms with van der Waals surface area (Å²) in [5.41, 5.74) is 2.75. The van der Waals surface area contributed by atoms with Gasteiger partial charge in [0.25, 0.3) is 11.8 Å². The summed E-state index contributed by atoms with van der Waals surface area (Å²) < 4.78 is 11.2. The second-order valence-electron chi connectivity index (χ2n) is 9.39. The van der Waals surface area contributed by atoms with Crippen molar-refractivity contribution in [3.8, 4) is 21.9 Å². The predicted molar refractivity (Wildman–Crippen MR) is 136 cm³/mol. The molecule has 2 aromatic heterocycles. The van der Waals surface area contributed by atoms with Crippen molar-refractivity contribution in [2.45, 2.75) is 44.6 Å². The highest BCUT2D eigenvalue weighted by molar-refractivity contribution is 7.15. The third-order valence-corrected chi connectivity index (χ3v) is 8.81. The first-order valence-corrected chi connectivity index (χ1v) is 13.8. The fraction of sp³-hybridized carbons (Fsp3) is 0.423. The second-order valence-corrected chi connectivity index (χ2v) is 11.3. The smallest absolute Gasteiger partial charge is 0.274 e. The van der Waals surface area contributed by atoms with Crippen molar-refractivity contribution < 1.29 is 19.1 Å². The molecule has 3 aliphatic rings. The van der Waals surface area contributed by atoms with Gasteiger partial charge in [-0.3, -0.25) is 9.59 Å². The molecule has 2 aliphatic heterocycles. The van der Waals surface area contributed by atoms with Crippen molar-refractivity contribution in [2.75, 3.05) is 26.3 Å². The van der Waals surface area contributed by atoms with Gasteiger partial charge in [-0.25, -0.2) is 4.98 Å². The number of rotatable bonds is 5. The van der Waals surface area contributed by atoms with Crippen LogP contribution in [-0.4, -0.2) is 54.0 Å². The van der Waals surface area contributed by atoms with Crippen LogP contribution < -0.4 is 14.8 Å². The Labute approximate surface area is 212 Å². The van der Waals surface area contributed by atoms with Gasteiger partial charge in [-0.2, -0.15) is 0 Å². The van der Waals surface area contributed by atoms with Gasteiger partial charge in [-0.15, -0.1) is 22.7 Å². The van der Waals surface area contributed by atoms with E-state index >= 15 is 0 Å². The molecule has 0 radical (unpaired) electrons. The Hall–Kier alpha value is -2.91. The SMILES string of the molecule is Cc1cccc(-c2sc(C3CC3)nc2C(=O)N2CCC[C@@H](NC(=O)c3scc4c3OCCO4)C2)c1. The molecular weight excluding hydrogens is 482 g/mol. The molecule has 1 aromatic carbocycles. The van der Waals surface area contributed by atoms with Gasteiger partial charge in [-0.1, -0.05) is 29.8 Å². The van der Waals surface area contributed by atoms with Crippen molar-refractivity contribution in [1.29, 1.82) is 0 Å². The van der Waals surface area contributed by atoms with E-state index in [1.807, 2.05) is 16.3 Å². The molecule has 0 bridgehead atoms. The number of piperidine rings is 1. The molecule has 4 heterocycles. The molecule has 9 heteroatoms. The van der Waals surface area contributed by atoms with Gasteiger partial charge >= 0.3 is 0 Å². The number of carbonyl (C=O) groups excluding carboxylic acids is 2. The highest BCUT2D eigenvalue weighted by Crippen LogP contribution is 2.45. The Kier molecular flexibility index (Phi) is 5.98. The molecule has 6 rings (SSSR count). The van der Waals surface area contributed by atoms with Crippen LogP contribution in [0.2, 0.25) is 0 Å². The van der Waals surface area contributed by atoms with Crippen LogP contribution in [0, 0.1) is 6.92 Å². The molecule has 2 amide bonds. The molecule has 1 N–H and O–H groups in total. The van der Waals surface area contributed by atoms with Gasteiger partial charge in [0.2, 0.25) is 0 Å². The number of benzene rings is 1. The molecule has 0 spiro atoms. The lowest BCUT2D eigenvalue weighted by molar-refractivity contribution is 0.0671. The summed E-state index contributed by atoms with van der Waals surface area (Å²) in [6.45, 7) is 4.14. The summed E-state index contributed by atoms with van der Waals surface area (Å²) in [5.74, 6) is 1.42. The van der Waals surface area contributed by atoms with E-state index in [0.717, 1.165) is 46.7 Å².